The van der Waals surface area contributed by atoms with E-state index < -0.39 is 0 Å². The smallest absolute Gasteiger partial charge is 0.119 e. The van der Waals surface area contributed by atoms with Gasteiger partial charge < -0.3 is 10.1 Å². The third-order valence-electron chi connectivity index (χ3n) is 2.73. The van der Waals surface area contributed by atoms with Gasteiger partial charge in [0.05, 0.1) is 15.2 Å². The number of benzene rings is 2. The van der Waals surface area contributed by atoms with Gasteiger partial charge in [-0.25, -0.2) is 0 Å². The summed E-state index contributed by atoms with van der Waals surface area (Å²) in [6.07, 6.45) is 1.73. The summed E-state index contributed by atoms with van der Waals surface area (Å²) < 4.78 is 6.33. The van der Waals surface area contributed by atoms with E-state index in [1.54, 1.807) is 6.08 Å². The van der Waals surface area contributed by atoms with Crippen LogP contribution in [0.2, 0.25) is 5.02 Å². The average Bonchev–Trinajstić information content (AvgIpc) is 2.48. The lowest BCUT2D eigenvalue weighted by Crippen LogP contribution is -2.00. The van der Waals surface area contributed by atoms with E-state index in [2.05, 4.69) is 27.8 Å². The normalized spacial score (nSPS) is 10.1. The van der Waals surface area contributed by atoms with E-state index in [1.165, 1.54) is 5.56 Å². The molecule has 0 heterocycles. The van der Waals surface area contributed by atoms with Crippen molar-refractivity contribution in [3.05, 3.63) is 70.2 Å². The standard InChI is InChI=1S/C16H15BrClNO/c1-2-10-20-13-8-6-12(7-9-13)11-19-15-5-3-4-14(18)16(15)17/h2-9,19H,1,10-11H2. The fourth-order valence-corrected chi connectivity index (χ4v) is 2.28. The van der Waals surface area contributed by atoms with E-state index in [-0.39, 0.29) is 0 Å². The first-order valence-corrected chi connectivity index (χ1v) is 7.38. The Labute approximate surface area is 132 Å². The molecule has 1 N–H and O–H groups in total. The zero-order valence-corrected chi connectivity index (χ0v) is 13.2. The third-order valence-corrected chi connectivity index (χ3v) is 4.12. The van der Waals surface area contributed by atoms with E-state index in [1.807, 2.05) is 42.5 Å². The molecule has 0 bridgehead atoms. The second kappa shape index (κ2) is 7.36. The van der Waals surface area contributed by atoms with Crippen molar-refractivity contribution in [2.24, 2.45) is 0 Å². The molecule has 0 fully saturated rings. The molecule has 0 aliphatic carbocycles. The molecule has 0 radical (unpaired) electrons. The molecule has 2 rings (SSSR count). The summed E-state index contributed by atoms with van der Waals surface area (Å²) in [5.74, 6) is 0.845. The Kier molecular flexibility index (Phi) is 5.50. The lowest BCUT2D eigenvalue weighted by Gasteiger charge is -2.10. The molecule has 0 saturated heterocycles. The molecular formula is C16H15BrClNO. The van der Waals surface area contributed by atoms with Crippen LogP contribution >= 0.6 is 27.5 Å². The summed E-state index contributed by atoms with van der Waals surface area (Å²) in [5.41, 5.74) is 2.15. The van der Waals surface area contributed by atoms with Crippen LogP contribution in [0.5, 0.6) is 5.75 Å². The van der Waals surface area contributed by atoms with Gasteiger partial charge in [0.25, 0.3) is 0 Å². The molecule has 2 aromatic rings. The predicted molar refractivity (Wildman–Crippen MR) is 88.6 cm³/mol. The Morgan fingerprint density at radius 2 is 1.95 bits per heavy atom. The Morgan fingerprint density at radius 3 is 2.65 bits per heavy atom. The van der Waals surface area contributed by atoms with Crippen molar-refractivity contribution in [2.45, 2.75) is 6.54 Å². The largest absolute Gasteiger partial charge is 0.490 e. The van der Waals surface area contributed by atoms with E-state index in [0.717, 1.165) is 22.5 Å². The van der Waals surface area contributed by atoms with Gasteiger partial charge in [-0.3, -0.25) is 0 Å². The fourth-order valence-electron chi connectivity index (χ4n) is 1.70. The molecule has 0 saturated carbocycles. The van der Waals surface area contributed by atoms with Crippen LogP contribution in [0.1, 0.15) is 5.56 Å². The number of nitrogens with one attached hydrogen (secondary N) is 1. The summed E-state index contributed by atoms with van der Waals surface area (Å²) in [7, 11) is 0. The number of hydrogen-bond acceptors (Lipinski definition) is 2. The lowest BCUT2D eigenvalue weighted by molar-refractivity contribution is 0.363. The SMILES string of the molecule is C=CCOc1ccc(CNc2cccc(Cl)c2Br)cc1. The Balaban J connectivity index is 1.97. The summed E-state index contributed by atoms with van der Waals surface area (Å²) in [5, 5.41) is 4.04. The number of hydrogen-bond donors (Lipinski definition) is 1. The third kappa shape index (κ3) is 4.02. The molecule has 2 aromatic carbocycles. The van der Waals surface area contributed by atoms with Gasteiger partial charge in [0, 0.05) is 6.54 Å². The van der Waals surface area contributed by atoms with Gasteiger partial charge >= 0.3 is 0 Å². The molecule has 0 aliphatic rings. The highest BCUT2D eigenvalue weighted by Crippen LogP contribution is 2.30. The number of ether oxygens (including phenoxy) is 1. The van der Waals surface area contributed by atoms with E-state index >= 15 is 0 Å². The van der Waals surface area contributed by atoms with Crippen molar-refractivity contribution in [3.63, 3.8) is 0 Å². The van der Waals surface area contributed by atoms with Gasteiger partial charge in [-0.15, -0.1) is 0 Å². The quantitative estimate of drug-likeness (QED) is 0.714. The average molecular weight is 353 g/mol. The molecule has 0 spiro atoms. The molecule has 0 unspecified atom stereocenters. The van der Waals surface area contributed by atoms with Crippen LogP contribution in [0.4, 0.5) is 5.69 Å². The van der Waals surface area contributed by atoms with Gasteiger partial charge in [0.1, 0.15) is 12.4 Å². The maximum Gasteiger partial charge on any atom is 0.119 e. The molecule has 20 heavy (non-hydrogen) atoms. The predicted octanol–water partition coefficient (Wildman–Crippen LogP) is 5.28. The Bertz CT molecular complexity index is 584. The highest BCUT2D eigenvalue weighted by atomic mass is 79.9. The monoisotopic (exact) mass is 351 g/mol. The summed E-state index contributed by atoms with van der Waals surface area (Å²) in [4.78, 5) is 0. The van der Waals surface area contributed by atoms with Crippen molar-refractivity contribution >= 4 is 33.2 Å². The molecule has 0 amide bonds. The Morgan fingerprint density at radius 1 is 1.20 bits per heavy atom. The van der Waals surface area contributed by atoms with E-state index in [4.69, 9.17) is 16.3 Å². The molecule has 0 aromatic heterocycles. The second-order valence-electron chi connectivity index (χ2n) is 4.20. The van der Waals surface area contributed by atoms with Gasteiger partial charge in [0.2, 0.25) is 0 Å². The van der Waals surface area contributed by atoms with Crippen molar-refractivity contribution in [1.82, 2.24) is 0 Å². The summed E-state index contributed by atoms with van der Waals surface area (Å²) >= 11 is 9.52. The zero-order chi connectivity index (χ0) is 14.4. The molecule has 104 valence electrons. The molecule has 4 heteroatoms. The first-order chi connectivity index (χ1) is 9.70. The van der Waals surface area contributed by atoms with Gasteiger partial charge in [0.15, 0.2) is 0 Å². The van der Waals surface area contributed by atoms with Gasteiger partial charge in [-0.2, -0.15) is 0 Å². The van der Waals surface area contributed by atoms with Crippen molar-refractivity contribution in [3.8, 4) is 5.75 Å². The maximum atomic E-state index is 6.05. The number of halogens is 2. The highest BCUT2D eigenvalue weighted by molar-refractivity contribution is 9.10. The van der Waals surface area contributed by atoms with Gasteiger partial charge in [-0.05, 0) is 45.8 Å². The van der Waals surface area contributed by atoms with Crippen LogP contribution in [0.3, 0.4) is 0 Å². The zero-order valence-electron chi connectivity index (χ0n) is 10.9. The minimum atomic E-state index is 0.521. The van der Waals surface area contributed by atoms with Crippen LogP contribution in [0, 0.1) is 0 Å². The first kappa shape index (κ1) is 14.9. The minimum Gasteiger partial charge on any atom is -0.490 e. The van der Waals surface area contributed by atoms with E-state index in [9.17, 15) is 0 Å². The van der Waals surface area contributed by atoms with Crippen molar-refractivity contribution < 1.29 is 4.74 Å². The number of rotatable bonds is 6. The maximum absolute atomic E-state index is 6.05. The first-order valence-electron chi connectivity index (χ1n) is 6.21. The molecule has 2 nitrogen and oxygen atoms in total. The molecular weight excluding hydrogens is 338 g/mol. The van der Waals surface area contributed by atoms with E-state index in [0.29, 0.717) is 11.6 Å². The van der Waals surface area contributed by atoms with Crippen molar-refractivity contribution in [2.75, 3.05) is 11.9 Å². The van der Waals surface area contributed by atoms with Crippen LogP contribution < -0.4 is 10.1 Å². The highest BCUT2D eigenvalue weighted by Gasteiger charge is 2.03. The number of anilines is 1. The van der Waals surface area contributed by atoms with Crippen LogP contribution in [-0.4, -0.2) is 6.61 Å². The summed E-state index contributed by atoms with van der Waals surface area (Å²) in [6.45, 7) is 4.87. The Hall–Kier alpha value is -1.45. The molecule has 0 atom stereocenters. The molecule has 0 aliphatic heterocycles. The van der Waals surface area contributed by atoms with Gasteiger partial charge in [-0.1, -0.05) is 42.5 Å². The minimum absolute atomic E-state index is 0.521. The second-order valence-corrected chi connectivity index (χ2v) is 5.40. The van der Waals surface area contributed by atoms with Crippen LogP contribution in [0.25, 0.3) is 0 Å². The lowest BCUT2D eigenvalue weighted by atomic mass is 10.2. The van der Waals surface area contributed by atoms with Crippen LogP contribution in [0.15, 0.2) is 59.6 Å². The van der Waals surface area contributed by atoms with Crippen molar-refractivity contribution in [1.29, 1.82) is 0 Å². The summed E-state index contributed by atoms with van der Waals surface area (Å²) in [6, 6.07) is 13.7. The van der Waals surface area contributed by atoms with Crippen LogP contribution in [-0.2, 0) is 6.54 Å². The topological polar surface area (TPSA) is 21.3 Å². The fraction of sp³-hybridized carbons (Fsp3) is 0.125.